The number of aliphatic hydroxyl groups excluding tert-OH is 1. The van der Waals surface area contributed by atoms with Gasteiger partial charge in [0, 0.05) is 13.7 Å². The lowest BCUT2D eigenvalue weighted by Gasteiger charge is -2.42. The Morgan fingerprint density at radius 3 is 2.78 bits per heavy atom. The van der Waals surface area contributed by atoms with Crippen molar-refractivity contribution in [1.82, 2.24) is 4.90 Å². The van der Waals surface area contributed by atoms with Crippen molar-refractivity contribution in [3.8, 4) is 0 Å². The van der Waals surface area contributed by atoms with Crippen LogP contribution in [0.5, 0.6) is 0 Å². The minimum Gasteiger partial charge on any atom is -0.393 e. The highest BCUT2D eigenvalue weighted by Crippen LogP contribution is 2.42. The standard InChI is InChI=1S/C19H28N2O5S/c1-14-5-4-6-15(11-14)21(27(3,24)25)13-18(23)20-10-9-19(26-2)8-7-16(22)12-17(19)20/h4-6,11,16-17,22H,7-10,12-13H2,1-3H3. The van der Waals surface area contributed by atoms with Crippen molar-refractivity contribution in [3.05, 3.63) is 29.8 Å². The normalized spacial score (nSPS) is 28.1. The first-order valence-electron chi connectivity index (χ1n) is 9.23. The number of fused-ring (bicyclic) bond motifs is 1. The number of methoxy groups -OCH3 is 1. The quantitative estimate of drug-likeness (QED) is 0.810. The van der Waals surface area contributed by atoms with Gasteiger partial charge in [-0.15, -0.1) is 0 Å². The van der Waals surface area contributed by atoms with Crippen molar-refractivity contribution in [1.29, 1.82) is 0 Å². The summed E-state index contributed by atoms with van der Waals surface area (Å²) in [7, 11) is -1.97. The van der Waals surface area contributed by atoms with Gasteiger partial charge in [-0.2, -0.15) is 0 Å². The molecule has 0 aromatic heterocycles. The number of hydrogen-bond acceptors (Lipinski definition) is 5. The number of amides is 1. The first-order valence-corrected chi connectivity index (χ1v) is 11.1. The van der Waals surface area contributed by atoms with Crippen LogP contribution >= 0.6 is 0 Å². The number of aliphatic hydroxyl groups is 1. The second-order valence-electron chi connectivity index (χ2n) is 7.66. The minimum absolute atomic E-state index is 0.224. The van der Waals surface area contributed by atoms with E-state index in [2.05, 4.69) is 0 Å². The van der Waals surface area contributed by atoms with Gasteiger partial charge in [-0.25, -0.2) is 8.42 Å². The van der Waals surface area contributed by atoms with Gasteiger partial charge < -0.3 is 14.7 Å². The fourth-order valence-electron chi connectivity index (χ4n) is 4.37. The van der Waals surface area contributed by atoms with E-state index in [9.17, 15) is 18.3 Å². The Morgan fingerprint density at radius 1 is 1.41 bits per heavy atom. The number of anilines is 1. The van der Waals surface area contributed by atoms with E-state index in [1.54, 1.807) is 30.2 Å². The van der Waals surface area contributed by atoms with E-state index < -0.39 is 21.7 Å². The monoisotopic (exact) mass is 396 g/mol. The van der Waals surface area contributed by atoms with Crippen molar-refractivity contribution < 1.29 is 23.1 Å². The van der Waals surface area contributed by atoms with Crippen molar-refractivity contribution in [2.45, 2.75) is 50.4 Å². The highest BCUT2D eigenvalue weighted by molar-refractivity contribution is 7.92. The number of benzene rings is 1. The molecular formula is C19H28N2O5S. The molecule has 1 saturated heterocycles. The molecule has 0 radical (unpaired) electrons. The van der Waals surface area contributed by atoms with E-state index in [0.717, 1.165) is 16.1 Å². The van der Waals surface area contributed by atoms with Gasteiger partial charge in [0.2, 0.25) is 15.9 Å². The summed E-state index contributed by atoms with van der Waals surface area (Å²) < 4.78 is 31.6. The van der Waals surface area contributed by atoms with Crippen LogP contribution in [0, 0.1) is 6.92 Å². The molecule has 150 valence electrons. The molecule has 0 bridgehead atoms. The molecule has 1 aromatic rings. The zero-order valence-corrected chi connectivity index (χ0v) is 16.9. The van der Waals surface area contributed by atoms with Crippen LogP contribution < -0.4 is 4.31 Å². The van der Waals surface area contributed by atoms with Crippen molar-refractivity contribution in [3.63, 3.8) is 0 Å². The molecule has 1 aliphatic carbocycles. The summed E-state index contributed by atoms with van der Waals surface area (Å²) in [6.07, 6.45) is 3.17. The van der Waals surface area contributed by atoms with Crippen LogP contribution in [-0.4, -0.2) is 68.5 Å². The molecule has 1 heterocycles. The number of carbonyl (C=O) groups excluding carboxylic acids is 1. The number of nitrogens with zero attached hydrogens (tertiary/aromatic N) is 2. The SMILES string of the molecule is COC12CCC(O)CC1N(C(=O)CN(c1cccc(C)c1)S(C)(=O)=O)CC2. The topological polar surface area (TPSA) is 87.2 Å². The van der Waals surface area contributed by atoms with Gasteiger partial charge in [-0.05, 0) is 50.3 Å². The van der Waals surface area contributed by atoms with E-state index in [0.29, 0.717) is 37.9 Å². The second kappa shape index (κ2) is 7.41. The summed E-state index contributed by atoms with van der Waals surface area (Å²) in [5.41, 5.74) is 0.962. The average molecular weight is 397 g/mol. The summed E-state index contributed by atoms with van der Waals surface area (Å²) in [5, 5.41) is 10.1. The Morgan fingerprint density at radius 2 is 2.15 bits per heavy atom. The maximum Gasteiger partial charge on any atom is 0.243 e. The Kier molecular flexibility index (Phi) is 5.52. The van der Waals surface area contributed by atoms with Crippen LogP contribution in [-0.2, 0) is 19.6 Å². The lowest BCUT2D eigenvalue weighted by molar-refractivity contribution is -0.138. The molecule has 1 saturated carbocycles. The van der Waals surface area contributed by atoms with Crippen molar-refractivity contribution in [2.75, 3.05) is 30.8 Å². The number of aryl methyl sites for hydroxylation is 1. The van der Waals surface area contributed by atoms with Crippen LogP contribution in [0.2, 0.25) is 0 Å². The molecule has 2 aliphatic rings. The molecule has 3 unspecified atom stereocenters. The fraction of sp³-hybridized carbons (Fsp3) is 0.632. The van der Waals surface area contributed by atoms with Gasteiger partial charge in [-0.1, -0.05) is 12.1 Å². The number of ether oxygens (including phenoxy) is 1. The summed E-state index contributed by atoms with van der Waals surface area (Å²) in [4.78, 5) is 14.8. The number of likely N-dealkylation sites (tertiary alicyclic amines) is 1. The predicted octanol–water partition coefficient (Wildman–Crippen LogP) is 1.29. The number of sulfonamides is 1. The lowest BCUT2D eigenvalue weighted by atomic mass is 9.79. The molecule has 3 atom stereocenters. The molecule has 1 amide bonds. The average Bonchev–Trinajstić information content (AvgIpc) is 2.98. The zero-order valence-electron chi connectivity index (χ0n) is 16.1. The van der Waals surface area contributed by atoms with Gasteiger partial charge in [0.1, 0.15) is 6.54 Å². The third-order valence-electron chi connectivity index (χ3n) is 5.85. The van der Waals surface area contributed by atoms with Crippen LogP contribution in [0.4, 0.5) is 5.69 Å². The van der Waals surface area contributed by atoms with Gasteiger partial charge in [0.05, 0.1) is 29.7 Å². The Balaban J connectivity index is 1.84. The summed E-state index contributed by atoms with van der Waals surface area (Å²) in [6.45, 7) is 2.13. The molecule has 7 nitrogen and oxygen atoms in total. The molecule has 1 N–H and O–H groups in total. The van der Waals surface area contributed by atoms with Crippen molar-refractivity contribution in [2.24, 2.45) is 0 Å². The molecular weight excluding hydrogens is 368 g/mol. The lowest BCUT2D eigenvalue weighted by Crippen LogP contribution is -2.54. The van der Waals surface area contributed by atoms with Crippen LogP contribution in [0.1, 0.15) is 31.2 Å². The molecule has 0 spiro atoms. The first-order chi connectivity index (χ1) is 12.7. The van der Waals surface area contributed by atoms with E-state index >= 15 is 0 Å². The first kappa shape index (κ1) is 20.1. The van der Waals surface area contributed by atoms with E-state index in [1.807, 2.05) is 13.0 Å². The molecule has 3 rings (SSSR count). The maximum atomic E-state index is 13.1. The van der Waals surface area contributed by atoms with Gasteiger partial charge in [0.25, 0.3) is 0 Å². The summed E-state index contributed by atoms with van der Waals surface area (Å²) in [6, 6.07) is 6.87. The maximum absolute atomic E-state index is 13.1. The van der Waals surface area contributed by atoms with Gasteiger partial charge in [-0.3, -0.25) is 9.10 Å². The van der Waals surface area contributed by atoms with Crippen molar-refractivity contribution >= 4 is 21.6 Å². The third-order valence-corrected chi connectivity index (χ3v) is 6.99. The molecule has 8 heteroatoms. The van der Waals surface area contributed by atoms with E-state index in [1.165, 1.54) is 0 Å². The second-order valence-corrected chi connectivity index (χ2v) is 9.57. The summed E-state index contributed by atoms with van der Waals surface area (Å²) >= 11 is 0. The highest BCUT2D eigenvalue weighted by Gasteiger charge is 2.52. The molecule has 1 aliphatic heterocycles. The summed E-state index contributed by atoms with van der Waals surface area (Å²) in [5.74, 6) is -0.264. The Bertz CT molecular complexity index is 812. The number of carbonyl (C=O) groups is 1. The number of rotatable bonds is 5. The van der Waals surface area contributed by atoms with Crippen LogP contribution in [0.25, 0.3) is 0 Å². The Hall–Kier alpha value is -1.64. The third kappa shape index (κ3) is 3.97. The minimum atomic E-state index is -3.62. The van der Waals surface area contributed by atoms with E-state index in [4.69, 9.17) is 4.74 Å². The Labute approximate surface area is 161 Å². The fourth-order valence-corrected chi connectivity index (χ4v) is 5.21. The van der Waals surface area contributed by atoms with E-state index in [-0.39, 0.29) is 18.5 Å². The smallest absolute Gasteiger partial charge is 0.243 e. The van der Waals surface area contributed by atoms with Gasteiger partial charge >= 0.3 is 0 Å². The van der Waals surface area contributed by atoms with Crippen LogP contribution in [0.15, 0.2) is 24.3 Å². The van der Waals surface area contributed by atoms with Gasteiger partial charge in [0.15, 0.2) is 0 Å². The molecule has 27 heavy (non-hydrogen) atoms. The molecule has 2 fully saturated rings. The zero-order chi connectivity index (χ0) is 19.8. The molecule has 1 aromatic carbocycles. The number of hydrogen-bond donors (Lipinski definition) is 1. The highest BCUT2D eigenvalue weighted by atomic mass is 32.2. The predicted molar refractivity (Wildman–Crippen MR) is 103 cm³/mol. The van der Waals surface area contributed by atoms with Crippen LogP contribution in [0.3, 0.4) is 0 Å². The largest absolute Gasteiger partial charge is 0.393 e.